The summed E-state index contributed by atoms with van der Waals surface area (Å²) in [6, 6.07) is -1.13. The summed E-state index contributed by atoms with van der Waals surface area (Å²) in [4.78, 5) is 28.8. The number of amides is 1. The van der Waals surface area contributed by atoms with Gasteiger partial charge in [-0.15, -0.1) is 0 Å². The van der Waals surface area contributed by atoms with Crippen LogP contribution < -0.4 is 11.1 Å². The number of aliphatic hydroxyl groups excluding tert-OH is 9. The van der Waals surface area contributed by atoms with Crippen molar-refractivity contribution in [2.24, 2.45) is 23.5 Å². The maximum atomic E-state index is 14.0. The van der Waals surface area contributed by atoms with E-state index in [1.807, 2.05) is 49.5 Å². The predicted octanol–water partition coefficient (Wildman–Crippen LogP) is 0.0755. The molecule has 4 rings (SSSR count). The van der Waals surface area contributed by atoms with E-state index in [0.717, 1.165) is 0 Å². The first-order chi connectivity index (χ1) is 34.7. The first-order valence-corrected chi connectivity index (χ1v) is 25.7. The normalized spacial score (nSPS) is 43.3. The Morgan fingerprint density at radius 1 is 0.712 bits per heavy atom. The van der Waals surface area contributed by atoms with Crippen LogP contribution in [-0.2, 0) is 33.3 Å². The summed E-state index contributed by atoms with van der Waals surface area (Å²) in [5, 5.41) is 113. The molecule has 0 unspecified atom stereocenters. The third kappa shape index (κ3) is 21.2. The van der Waals surface area contributed by atoms with Gasteiger partial charge in [-0.25, -0.2) is 0 Å². The molecule has 19 atom stereocenters. The minimum atomic E-state index is -2.27. The van der Waals surface area contributed by atoms with Crippen LogP contribution in [0.4, 0.5) is 0 Å². The number of aliphatic hydroxyl groups is 10. The van der Waals surface area contributed by atoms with E-state index >= 15 is 0 Å². The summed E-state index contributed by atoms with van der Waals surface area (Å²) in [5.74, 6) is -5.57. The lowest BCUT2D eigenvalue weighted by molar-refractivity contribution is -0.307. The second-order valence-corrected chi connectivity index (χ2v) is 20.0. The van der Waals surface area contributed by atoms with Gasteiger partial charge < -0.3 is 85.8 Å². The highest BCUT2D eigenvalue weighted by atomic mass is 16.7. The molecule has 1 amide bonds. The Bertz CT molecular complexity index is 1860. The number of cyclic esters (lactones) is 1. The van der Waals surface area contributed by atoms with Gasteiger partial charge in [0.25, 0.3) is 0 Å². The highest BCUT2D eigenvalue weighted by Gasteiger charge is 2.51. The lowest BCUT2D eigenvalue weighted by Gasteiger charge is -2.46. The van der Waals surface area contributed by atoms with Gasteiger partial charge in [-0.05, 0) is 33.1 Å². The fourth-order valence-electron chi connectivity index (χ4n) is 9.27. The van der Waals surface area contributed by atoms with E-state index in [4.69, 9.17) is 29.4 Å². The van der Waals surface area contributed by atoms with Crippen LogP contribution in [0.15, 0.2) is 85.1 Å². The van der Waals surface area contributed by atoms with Gasteiger partial charge >= 0.3 is 5.97 Å². The molecule has 13 N–H and O–H groups in total. The van der Waals surface area contributed by atoms with Crippen molar-refractivity contribution in [1.82, 2.24) is 10.2 Å². The summed E-state index contributed by atoms with van der Waals surface area (Å²) in [6.45, 7) is 10.0. The molecule has 20 nitrogen and oxygen atoms in total. The molecule has 0 spiro atoms. The summed E-state index contributed by atoms with van der Waals surface area (Å²) in [5.41, 5.74) is 6.13. The maximum Gasteiger partial charge on any atom is 0.308 e. The number of hydrogen-bond donors (Lipinski definition) is 12. The van der Waals surface area contributed by atoms with Crippen LogP contribution in [0.2, 0.25) is 0 Å². The van der Waals surface area contributed by atoms with Crippen molar-refractivity contribution in [2.45, 2.75) is 177 Å². The van der Waals surface area contributed by atoms with Crippen LogP contribution in [0.3, 0.4) is 0 Å². The average Bonchev–Trinajstić information content (AvgIpc) is 3.33. The van der Waals surface area contributed by atoms with E-state index < -0.39 is 147 Å². The van der Waals surface area contributed by atoms with E-state index in [-0.39, 0.29) is 38.1 Å². The van der Waals surface area contributed by atoms with Crippen molar-refractivity contribution < 1.29 is 84.3 Å². The Morgan fingerprint density at radius 3 is 1.95 bits per heavy atom. The van der Waals surface area contributed by atoms with Crippen molar-refractivity contribution in [1.29, 1.82) is 0 Å². The van der Waals surface area contributed by atoms with Crippen LogP contribution in [0.1, 0.15) is 79.1 Å². The van der Waals surface area contributed by atoms with Crippen LogP contribution in [0, 0.1) is 17.8 Å². The molecule has 0 aliphatic carbocycles. The summed E-state index contributed by atoms with van der Waals surface area (Å²) < 4.78 is 29.3. The first-order valence-electron chi connectivity index (χ1n) is 25.7. The molecule has 4 aliphatic rings. The minimum Gasteiger partial charge on any atom is -0.462 e. The number of morpholine rings is 1. The SMILES string of the molecule is C[C@@H]1[C@H](O)[C@@H](C)/C=C/C=C/C=C/C=C/C=C/C=C/C=C/[C@H](O[C@@H]2O[C@H](C)[C@@H](O)[C@H](N)[C@@H]2O)C[C@@H]2O[C@](O)(C[C@@H](O)C[C@@H](O)[C@H](O)CC[C@@H](O)C[C@@H](O)CC(=O)O[C@H]1C)C[C@H](O)[C@H]2C(=O)NCCN1CCOCC1. The molecule has 414 valence electrons. The van der Waals surface area contributed by atoms with Crippen LogP contribution >= 0.6 is 0 Å². The highest BCUT2D eigenvalue weighted by Crippen LogP contribution is 2.38. The van der Waals surface area contributed by atoms with Crippen molar-refractivity contribution in [3.63, 3.8) is 0 Å². The lowest BCUT2D eigenvalue weighted by atomic mass is 9.82. The number of carbonyl (C=O) groups excluding carboxylic acids is 2. The lowest BCUT2D eigenvalue weighted by Crippen LogP contribution is -2.62. The zero-order chi connectivity index (χ0) is 53.7. The number of allylic oxidation sites excluding steroid dienone is 12. The van der Waals surface area contributed by atoms with Crippen LogP contribution in [-0.4, -0.2) is 205 Å². The van der Waals surface area contributed by atoms with Gasteiger partial charge in [0.1, 0.15) is 12.2 Å². The van der Waals surface area contributed by atoms with Crippen molar-refractivity contribution in [3.05, 3.63) is 85.1 Å². The molecule has 3 saturated heterocycles. The summed E-state index contributed by atoms with van der Waals surface area (Å²) >= 11 is 0. The number of esters is 1. The third-order valence-electron chi connectivity index (χ3n) is 13.9. The predicted molar refractivity (Wildman–Crippen MR) is 270 cm³/mol. The second kappa shape index (κ2) is 31.5. The molecular weight excluding hydrogens is 951 g/mol. The van der Waals surface area contributed by atoms with E-state index in [2.05, 4.69) is 10.2 Å². The molecule has 0 radical (unpaired) electrons. The molecule has 20 heteroatoms. The number of nitrogens with two attached hydrogens (primary N) is 1. The molecule has 0 aromatic heterocycles. The highest BCUT2D eigenvalue weighted by molar-refractivity contribution is 5.80. The van der Waals surface area contributed by atoms with Gasteiger partial charge in [-0.3, -0.25) is 14.5 Å². The maximum absolute atomic E-state index is 14.0. The smallest absolute Gasteiger partial charge is 0.308 e. The number of rotatable bonds is 6. The van der Waals surface area contributed by atoms with Crippen molar-refractivity contribution >= 4 is 11.9 Å². The topological polar surface area (TPSA) is 324 Å². The fourth-order valence-corrected chi connectivity index (χ4v) is 9.27. The minimum absolute atomic E-state index is 0.0939. The number of ether oxygens (including phenoxy) is 5. The summed E-state index contributed by atoms with van der Waals surface area (Å²) in [7, 11) is 0. The molecule has 4 heterocycles. The Hall–Kier alpha value is -3.52. The van der Waals surface area contributed by atoms with Gasteiger partial charge in [0.15, 0.2) is 12.1 Å². The quantitative estimate of drug-likeness (QED) is 0.157. The van der Waals surface area contributed by atoms with E-state index in [0.29, 0.717) is 32.8 Å². The van der Waals surface area contributed by atoms with Gasteiger partial charge in [0.05, 0.1) is 98.7 Å². The Labute approximate surface area is 429 Å². The van der Waals surface area contributed by atoms with Crippen LogP contribution in [0.25, 0.3) is 0 Å². The zero-order valence-corrected chi connectivity index (χ0v) is 42.7. The molecule has 3 fully saturated rings. The molecule has 73 heavy (non-hydrogen) atoms. The van der Waals surface area contributed by atoms with Gasteiger partial charge in [-0.1, -0.05) is 98.9 Å². The zero-order valence-electron chi connectivity index (χ0n) is 42.7. The average molecular weight is 1040 g/mol. The Kier molecular flexibility index (Phi) is 26.8. The fraction of sp³-hybridized carbons (Fsp3) is 0.698. The largest absolute Gasteiger partial charge is 0.462 e. The number of fused-ring (bicyclic) bond motifs is 2. The second-order valence-electron chi connectivity index (χ2n) is 20.0. The number of nitrogens with zero attached hydrogens (tertiary/aromatic N) is 1. The van der Waals surface area contributed by atoms with Crippen molar-refractivity contribution in [3.8, 4) is 0 Å². The number of hydrogen-bond acceptors (Lipinski definition) is 19. The van der Waals surface area contributed by atoms with Gasteiger partial charge in [-0.2, -0.15) is 0 Å². The third-order valence-corrected chi connectivity index (χ3v) is 13.9. The van der Waals surface area contributed by atoms with E-state index in [1.54, 1.807) is 63.3 Å². The van der Waals surface area contributed by atoms with Crippen molar-refractivity contribution in [2.75, 3.05) is 39.4 Å². The molecule has 0 saturated carbocycles. The molecule has 0 aromatic carbocycles. The Balaban J connectivity index is 1.59. The monoisotopic (exact) mass is 1040 g/mol. The number of carbonyl (C=O) groups is 2. The van der Waals surface area contributed by atoms with E-state index in [9.17, 15) is 60.7 Å². The molecule has 0 aromatic rings. The van der Waals surface area contributed by atoms with Crippen LogP contribution in [0.5, 0.6) is 0 Å². The first kappa shape index (κ1) is 62.0. The van der Waals surface area contributed by atoms with E-state index in [1.165, 1.54) is 0 Å². The molecule has 2 bridgehead atoms. The standard InChI is InChI=1S/C53H85N3O17/c1-33-17-15-13-11-9-7-5-6-8-10-12-14-16-18-40(72-52-50(66)47(54)49(65)36(4)71-52)30-44-46(51(67)55-21-22-56-23-25-69-26-24-56)43(62)32-53(68,73-44)31-39(59)28-42(61)41(60)20-19-37(57)27-38(58)29-45(63)70-35(3)34(2)48(33)64/h5-18,33-44,46-50,52,57-62,64-66,68H,19-32,54H2,1-4H3,(H,55,67)/b6-5+,9-7+,10-8+,13-11+,14-12+,17-15+,18-16+/t33-,34-,35-,36+,37+,38+,39-,40-,41+,42+,43-,44-,46+,47-,48+,49+,50-,52-,53+/m0/s1. The molecular formula is C53H85N3O17. The van der Waals surface area contributed by atoms with Gasteiger partial charge in [0.2, 0.25) is 5.91 Å². The Morgan fingerprint density at radius 2 is 1.32 bits per heavy atom. The molecule has 4 aliphatic heterocycles. The summed E-state index contributed by atoms with van der Waals surface area (Å²) in [6.07, 6.45) is 4.85. The van der Waals surface area contributed by atoms with Gasteiger partial charge in [0, 0.05) is 63.7 Å². The number of nitrogens with one attached hydrogen (secondary N) is 1.